The van der Waals surface area contributed by atoms with Crippen LogP contribution in [0.2, 0.25) is 0 Å². The fraction of sp³-hybridized carbons (Fsp3) is 0.462. The van der Waals surface area contributed by atoms with Gasteiger partial charge in [0.15, 0.2) is 11.6 Å². The zero-order valence-electron chi connectivity index (χ0n) is 10.2. The molecule has 98 valence electrons. The van der Waals surface area contributed by atoms with Crippen molar-refractivity contribution < 1.29 is 13.6 Å². The third kappa shape index (κ3) is 3.04. The number of amides is 1. The standard InChI is InChI=1S/C13H16F2N2O/c1-8(10-2-3-11(14)12(15)5-10)17-13(18)4-9-6-16-7-9/h2-3,5,8-9,16H,4,6-7H2,1H3,(H,17,18). The first kappa shape index (κ1) is 13.0. The normalized spacial score (nSPS) is 17.1. The van der Waals surface area contributed by atoms with Gasteiger partial charge in [-0.3, -0.25) is 4.79 Å². The van der Waals surface area contributed by atoms with Crippen LogP contribution in [0.25, 0.3) is 0 Å². The molecule has 0 aliphatic carbocycles. The number of benzene rings is 1. The fourth-order valence-corrected chi connectivity index (χ4v) is 1.92. The van der Waals surface area contributed by atoms with Crippen LogP contribution in [0, 0.1) is 17.6 Å². The van der Waals surface area contributed by atoms with Gasteiger partial charge in [0.1, 0.15) is 0 Å². The number of halogens is 2. The highest BCUT2D eigenvalue weighted by molar-refractivity contribution is 5.76. The lowest BCUT2D eigenvalue weighted by atomic mass is 9.98. The minimum absolute atomic E-state index is 0.0567. The number of hydrogen-bond acceptors (Lipinski definition) is 2. The second-order valence-corrected chi connectivity index (χ2v) is 4.69. The maximum atomic E-state index is 13.1. The molecule has 1 saturated heterocycles. The molecule has 3 nitrogen and oxygen atoms in total. The van der Waals surface area contributed by atoms with Crippen molar-refractivity contribution in [2.45, 2.75) is 19.4 Å². The van der Waals surface area contributed by atoms with Crippen LogP contribution in [0.3, 0.4) is 0 Å². The molecule has 0 bridgehead atoms. The van der Waals surface area contributed by atoms with Crippen LogP contribution in [0.15, 0.2) is 18.2 Å². The molecule has 1 aromatic rings. The highest BCUT2D eigenvalue weighted by atomic mass is 19.2. The Balaban J connectivity index is 1.91. The molecule has 1 aliphatic heterocycles. The van der Waals surface area contributed by atoms with E-state index in [9.17, 15) is 13.6 Å². The van der Waals surface area contributed by atoms with Crippen LogP contribution >= 0.6 is 0 Å². The smallest absolute Gasteiger partial charge is 0.220 e. The Kier molecular flexibility index (Phi) is 3.91. The molecule has 0 aromatic heterocycles. The highest BCUT2D eigenvalue weighted by Crippen LogP contribution is 2.17. The van der Waals surface area contributed by atoms with Crippen LogP contribution in [0.4, 0.5) is 8.78 Å². The lowest BCUT2D eigenvalue weighted by molar-refractivity contribution is -0.123. The maximum Gasteiger partial charge on any atom is 0.220 e. The van der Waals surface area contributed by atoms with Crippen LogP contribution in [-0.4, -0.2) is 19.0 Å². The molecule has 5 heteroatoms. The third-order valence-electron chi connectivity index (χ3n) is 3.16. The Bertz CT molecular complexity index is 447. The molecule has 1 aromatic carbocycles. The van der Waals surface area contributed by atoms with Crippen LogP contribution in [0.5, 0.6) is 0 Å². The number of nitrogens with one attached hydrogen (secondary N) is 2. The van der Waals surface area contributed by atoms with E-state index in [1.165, 1.54) is 6.07 Å². The molecule has 0 saturated carbocycles. The van der Waals surface area contributed by atoms with Gasteiger partial charge in [-0.05, 0) is 43.6 Å². The first-order valence-corrected chi connectivity index (χ1v) is 6.01. The van der Waals surface area contributed by atoms with Gasteiger partial charge in [-0.2, -0.15) is 0 Å². The van der Waals surface area contributed by atoms with Gasteiger partial charge in [-0.15, -0.1) is 0 Å². The van der Waals surface area contributed by atoms with E-state index in [0.717, 1.165) is 25.2 Å². The number of rotatable bonds is 4. The lowest BCUT2D eigenvalue weighted by Crippen LogP contribution is -2.44. The quantitative estimate of drug-likeness (QED) is 0.859. The Labute approximate surface area is 105 Å². The van der Waals surface area contributed by atoms with Crippen LogP contribution in [-0.2, 0) is 4.79 Å². The van der Waals surface area contributed by atoms with Gasteiger partial charge in [-0.25, -0.2) is 8.78 Å². The van der Waals surface area contributed by atoms with Gasteiger partial charge in [0.25, 0.3) is 0 Å². The van der Waals surface area contributed by atoms with E-state index in [4.69, 9.17) is 0 Å². The molecule has 2 rings (SSSR count). The first-order chi connectivity index (χ1) is 8.56. The second-order valence-electron chi connectivity index (χ2n) is 4.69. The van der Waals surface area contributed by atoms with Gasteiger partial charge in [-0.1, -0.05) is 6.07 Å². The molecule has 1 unspecified atom stereocenters. The molecule has 0 radical (unpaired) electrons. The van der Waals surface area contributed by atoms with Crippen molar-refractivity contribution in [1.82, 2.24) is 10.6 Å². The summed E-state index contributed by atoms with van der Waals surface area (Å²) in [6, 6.07) is 3.35. The number of carbonyl (C=O) groups excluding carboxylic acids is 1. The monoisotopic (exact) mass is 254 g/mol. The zero-order chi connectivity index (χ0) is 13.1. The van der Waals surface area contributed by atoms with Crippen molar-refractivity contribution in [2.75, 3.05) is 13.1 Å². The van der Waals surface area contributed by atoms with Gasteiger partial charge in [0.05, 0.1) is 6.04 Å². The Morgan fingerprint density at radius 3 is 2.72 bits per heavy atom. The molecule has 0 spiro atoms. The van der Waals surface area contributed by atoms with E-state index >= 15 is 0 Å². The molecule has 1 atom stereocenters. The summed E-state index contributed by atoms with van der Waals surface area (Å²) in [4.78, 5) is 11.7. The second kappa shape index (κ2) is 5.44. The topological polar surface area (TPSA) is 41.1 Å². The van der Waals surface area contributed by atoms with Gasteiger partial charge in [0.2, 0.25) is 5.91 Å². The summed E-state index contributed by atoms with van der Waals surface area (Å²) in [5, 5.41) is 5.88. The number of carbonyl (C=O) groups is 1. The molecule has 2 N–H and O–H groups in total. The third-order valence-corrected chi connectivity index (χ3v) is 3.16. The summed E-state index contributed by atoms with van der Waals surface area (Å²) in [5.74, 6) is -1.43. The van der Waals surface area contributed by atoms with Gasteiger partial charge < -0.3 is 10.6 Å². The van der Waals surface area contributed by atoms with Crippen molar-refractivity contribution in [3.05, 3.63) is 35.4 Å². The van der Waals surface area contributed by atoms with E-state index in [-0.39, 0.29) is 11.9 Å². The van der Waals surface area contributed by atoms with Gasteiger partial charge >= 0.3 is 0 Å². The van der Waals surface area contributed by atoms with Crippen molar-refractivity contribution in [3.8, 4) is 0 Å². The molecular formula is C13H16F2N2O. The van der Waals surface area contributed by atoms with Crippen LogP contribution in [0.1, 0.15) is 24.9 Å². The Morgan fingerprint density at radius 2 is 2.17 bits per heavy atom. The maximum absolute atomic E-state index is 13.1. The predicted molar refractivity (Wildman–Crippen MR) is 63.9 cm³/mol. The number of hydrogen-bond donors (Lipinski definition) is 2. The molecule has 18 heavy (non-hydrogen) atoms. The molecule has 1 fully saturated rings. The van der Waals surface area contributed by atoms with E-state index < -0.39 is 11.6 Å². The lowest BCUT2D eigenvalue weighted by Gasteiger charge is -2.27. The average Bonchev–Trinajstić information content (AvgIpc) is 2.27. The summed E-state index contributed by atoms with van der Waals surface area (Å²) in [6.45, 7) is 3.49. The average molecular weight is 254 g/mol. The van der Waals surface area contributed by atoms with E-state index in [2.05, 4.69) is 10.6 Å². The van der Waals surface area contributed by atoms with E-state index in [1.807, 2.05) is 0 Å². The minimum Gasteiger partial charge on any atom is -0.350 e. The Hall–Kier alpha value is -1.49. The largest absolute Gasteiger partial charge is 0.350 e. The van der Waals surface area contributed by atoms with Crippen LogP contribution < -0.4 is 10.6 Å². The molecule has 1 amide bonds. The van der Waals surface area contributed by atoms with E-state index in [0.29, 0.717) is 17.9 Å². The van der Waals surface area contributed by atoms with E-state index in [1.54, 1.807) is 6.92 Å². The van der Waals surface area contributed by atoms with Gasteiger partial charge in [0, 0.05) is 6.42 Å². The van der Waals surface area contributed by atoms with Crippen molar-refractivity contribution >= 4 is 5.91 Å². The summed E-state index contributed by atoms with van der Waals surface area (Å²) in [5.41, 5.74) is 0.564. The molecule has 1 aliphatic rings. The SMILES string of the molecule is CC(NC(=O)CC1CNC1)c1ccc(F)c(F)c1. The summed E-state index contributed by atoms with van der Waals surface area (Å²) >= 11 is 0. The Morgan fingerprint density at radius 1 is 1.44 bits per heavy atom. The highest BCUT2D eigenvalue weighted by Gasteiger charge is 2.21. The summed E-state index contributed by atoms with van der Waals surface area (Å²) < 4.78 is 25.8. The predicted octanol–water partition coefficient (Wildman–Crippen LogP) is 1.75. The molecule has 1 heterocycles. The van der Waals surface area contributed by atoms with Crippen molar-refractivity contribution in [1.29, 1.82) is 0 Å². The minimum atomic E-state index is -0.892. The first-order valence-electron chi connectivity index (χ1n) is 6.01. The van der Waals surface area contributed by atoms with Crippen molar-refractivity contribution in [2.24, 2.45) is 5.92 Å². The summed E-state index contributed by atoms with van der Waals surface area (Å²) in [6.07, 6.45) is 0.473. The molecular weight excluding hydrogens is 238 g/mol. The fourth-order valence-electron chi connectivity index (χ4n) is 1.92. The summed E-state index contributed by atoms with van der Waals surface area (Å²) in [7, 11) is 0. The van der Waals surface area contributed by atoms with Crippen molar-refractivity contribution in [3.63, 3.8) is 0 Å². The zero-order valence-corrected chi connectivity index (χ0v) is 10.2.